The Morgan fingerprint density at radius 2 is 1.77 bits per heavy atom. The largest absolute Gasteiger partial charge is 0.403 e. The third-order valence-corrected chi connectivity index (χ3v) is 4.47. The van der Waals surface area contributed by atoms with Crippen molar-refractivity contribution in [3.8, 4) is 0 Å². The Hall–Kier alpha value is -1.03. The predicted octanol–water partition coefficient (Wildman–Crippen LogP) is 3.38. The van der Waals surface area contributed by atoms with Crippen molar-refractivity contribution in [3.63, 3.8) is 0 Å². The molecule has 1 N–H and O–H groups in total. The van der Waals surface area contributed by atoms with Gasteiger partial charge in [-0.25, -0.2) is 0 Å². The zero-order chi connectivity index (χ0) is 18.3. The highest BCUT2D eigenvalue weighted by molar-refractivity contribution is 14.0. The average Bonchev–Trinajstić information content (AvgIpc) is 2.61. The van der Waals surface area contributed by atoms with Gasteiger partial charge in [0.25, 0.3) is 0 Å². The Morgan fingerprint density at radius 1 is 1.15 bits per heavy atom. The highest BCUT2D eigenvalue weighted by atomic mass is 127. The van der Waals surface area contributed by atoms with Gasteiger partial charge in [0.05, 0.1) is 0 Å². The van der Waals surface area contributed by atoms with Crippen LogP contribution in [0, 0.1) is 0 Å². The SMILES string of the molecule is CCNC(=NCCc1ccccc1)N1CCN(C(C)C(F)(F)F)CC1.I. The summed E-state index contributed by atoms with van der Waals surface area (Å²) in [6, 6.07) is 8.74. The van der Waals surface area contributed by atoms with Crippen LogP contribution in [-0.2, 0) is 6.42 Å². The molecule has 1 atom stereocenters. The van der Waals surface area contributed by atoms with E-state index in [0.29, 0.717) is 32.7 Å². The normalized spacial score (nSPS) is 17.6. The van der Waals surface area contributed by atoms with E-state index >= 15 is 0 Å². The van der Waals surface area contributed by atoms with Gasteiger partial charge in [0.1, 0.15) is 6.04 Å². The predicted molar refractivity (Wildman–Crippen MR) is 110 cm³/mol. The maximum atomic E-state index is 12.8. The first-order chi connectivity index (χ1) is 11.9. The number of rotatable bonds is 5. The molecular formula is C18H28F3IN4. The average molecular weight is 484 g/mol. The molecule has 8 heteroatoms. The first-order valence-electron chi connectivity index (χ1n) is 8.79. The van der Waals surface area contributed by atoms with E-state index in [2.05, 4.69) is 22.4 Å². The van der Waals surface area contributed by atoms with Crippen LogP contribution < -0.4 is 5.32 Å². The van der Waals surface area contributed by atoms with E-state index in [9.17, 15) is 13.2 Å². The number of nitrogens with one attached hydrogen (secondary N) is 1. The molecular weight excluding hydrogens is 456 g/mol. The lowest BCUT2D eigenvalue weighted by Gasteiger charge is -2.39. The zero-order valence-electron chi connectivity index (χ0n) is 15.3. The van der Waals surface area contributed by atoms with Crippen molar-refractivity contribution >= 4 is 29.9 Å². The second-order valence-corrected chi connectivity index (χ2v) is 6.21. The molecule has 1 heterocycles. The summed E-state index contributed by atoms with van der Waals surface area (Å²) < 4.78 is 38.5. The van der Waals surface area contributed by atoms with Crippen LogP contribution in [0.4, 0.5) is 13.2 Å². The van der Waals surface area contributed by atoms with Gasteiger partial charge in [-0.15, -0.1) is 24.0 Å². The molecule has 0 aromatic heterocycles. The van der Waals surface area contributed by atoms with E-state index < -0.39 is 12.2 Å². The topological polar surface area (TPSA) is 30.9 Å². The summed E-state index contributed by atoms with van der Waals surface area (Å²) in [5, 5.41) is 3.25. The summed E-state index contributed by atoms with van der Waals surface area (Å²) in [4.78, 5) is 8.18. The number of piperazine rings is 1. The number of halogens is 4. The summed E-state index contributed by atoms with van der Waals surface area (Å²) in [7, 11) is 0. The number of alkyl halides is 3. The second kappa shape index (κ2) is 11.0. The molecule has 1 aliphatic rings. The van der Waals surface area contributed by atoms with Crippen LogP contribution in [0.2, 0.25) is 0 Å². The minimum atomic E-state index is -4.17. The lowest BCUT2D eigenvalue weighted by Crippen LogP contribution is -2.56. The molecule has 0 aliphatic carbocycles. The monoisotopic (exact) mass is 484 g/mol. The Balaban J connectivity index is 0.00000338. The Morgan fingerprint density at radius 3 is 2.31 bits per heavy atom. The smallest absolute Gasteiger partial charge is 0.357 e. The van der Waals surface area contributed by atoms with E-state index in [4.69, 9.17) is 0 Å². The number of guanidine groups is 1. The third kappa shape index (κ3) is 6.94. The Kier molecular flexibility index (Phi) is 9.70. The van der Waals surface area contributed by atoms with Crippen LogP contribution >= 0.6 is 24.0 Å². The van der Waals surface area contributed by atoms with Crippen LogP contribution in [0.25, 0.3) is 0 Å². The van der Waals surface area contributed by atoms with Gasteiger partial charge in [0.15, 0.2) is 5.96 Å². The van der Waals surface area contributed by atoms with E-state index in [1.54, 1.807) is 0 Å². The van der Waals surface area contributed by atoms with Gasteiger partial charge in [0.2, 0.25) is 0 Å². The zero-order valence-corrected chi connectivity index (χ0v) is 17.6. The standard InChI is InChI=1S/C18H27F3N4.HI/c1-3-22-17(23-10-9-16-7-5-4-6-8-16)25-13-11-24(12-14-25)15(2)18(19,20)21;/h4-8,15H,3,9-14H2,1-2H3,(H,22,23);1H. The highest BCUT2D eigenvalue weighted by Gasteiger charge is 2.41. The fraction of sp³-hybridized carbons (Fsp3) is 0.611. The number of benzene rings is 1. The molecule has 1 aromatic carbocycles. The summed E-state index contributed by atoms with van der Waals surface area (Å²) in [5.74, 6) is 0.790. The minimum Gasteiger partial charge on any atom is -0.357 e. The number of nitrogens with zero attached hydrogens (tertiary/aromatic N) is 3. The maximum absolute atomic E-state index is 12.8. The number of hydrogen-bond acceptors (Lipinski definition) is 2. The quantitative estimate of drug-likeness (QED) is 0.395. The molecule has 26 heavy (non-hydrogen) atoms. The number of aliphatic imine (C=N–C) groups is 1. The van der Waals surface area contributed by atoms with Crippen LogP contribution in [0.15, 0.2) is 35.3 Å². The second-order valence-electron chi connectivity index (χ2n) is 6.21. The first-order valence-corrected chi connectivity index (χ1v) is 8.79. The highest BCUT2D eigenvalue weighted by Crippen LogP contribution is 2.25. The van der Waals surface area contributed by atoms with Crippen molar-refractivity contribution in [3.05, 3.63) is 35.9 Å². The summed E-state index contributed by atoms with van der Waals surface area (Å²) >= 11 is 0. The van der Waals surface area contributed by atoms with Crippen molar-refractivity contribution in [2.75, 3.05) is 39.3 Å². The van der Waals surface area contributed by atoms with Crippen molar-refractivity contribution in [2.24, 2.45) is 4.99 Å². The third-order valence-electron chi connectivity index (χ3n) is 4.47. The van der Waals surface area contributed by atoms with E-state index in [1.807, 2.05) is 30.0 Å². The maximum Gasteiger partial charge on any atom is 0.403 e. The molecule has 0 saturated carbocycles. The molecule has 1 saturated heterocycles. The molecule has 148 valence electrons. The van der Waals surface area contributed by atoms with Gasteiger partial charge in [-0.3, -0.25) is 9.89 Å². The van der Waals surface area contributed by atoms with Crippen LogP contribution in [0.3, 0.4) is 0 Å². The minimum absolute atomic E-state index is 0. The van der Waals surface area contributed by atoms with Crippen molar-refractivity contribution < 1.29 is 13.2 Å². The Bertz CT molecular complexity index is 543. The lowest BCUT2D eigenvalue weighted by molar-refractivity contribution is -0.181. The van der Waals surface area contributed by atoms with Crippen molar-refractivity contribution in [1.29, 1.82) is 0 Å². The molecule has 4 nitrogen and oxygen atoms in total. The van der Waals surface area contributed by atoms with E-state index in [0.717, 1.165) is 18.9 Å². The lowest BCUT2D eigenvalue weighted by atomic mass is 10.2. The summed E-state index contributed by atoms with van der Waals surface area (Å²) in [6.45, 7) is 6.51. The summed E-state index contributed by atoms with van der Waals surface area (Å²) in [5.41, 5.74) is 1.23. The molecule has 0 amide bonds. The van der Waals surface area contributed by atoms with Gasteiger partial charge >= 0.3 is 6.18 Å². The molecule has 2 rings (SSSR count). The fourth-order valence-corrected chi connectivity index (χ4v) is 2.89. The number of hydrogen-bond donors (Lipinski definition) is 1. The van der Waals surface area contributed by atoms with E-state index in [-0.39, 0.29) is 24.0 Å². The van der Waals surface area contributed by atoms with Crippen molar-refractivity contribution in [2.45, 2.75) is 32.5 Å². The summed E-state index contributed by atoms with van der Waals surface area (Å²) in [6.07, 6.45) is -3.32. The van der Waals surface area contributed by atoms with Crippen LogP contribution in [0.1, 0.15) is 19.4 Å². The van der Waals surface area contributed by atoms with Gasteiger partial charge in [-0.05, 0) is 25.8 Å². The van der Waals surface area contributed by atoms with Gasteiger partial charge in [0, 0.05) is 39.3 Å². The van der Waals surface area contributed by atoms with Gasteiger partial charge < -0.3 is 10.2 Å². The fourth-order valence-electron chi connectivity index (χ4n) is 2.89. The Labute approximate surface area is 170 Å². The van der Waals surface area contributed by atoms with Gasteiger partial charge in [-0.2, -0.15) is 13.2 Å². The first kappa shape index (κ1) is 23.0. The van der Waals surface area contributed by atoms with E-state index in [1.165, 1.54) is 17.4 Å². The van der Waals surface area contributed by atoms with Crippen LogP contribution in [0.5, 0.6) is 0 Å². The van der Waals surface area contributed by atoms with Crippen LogP contribution in [-0.4, -0.2) is 67.2 Å². The molecule has 0 bridgehead atoms. The molecule has 0 radical (unpaired) electrons. The van der Waals surface area contributed by atoms with Gasteiger partial charge in [-0.1, -0.05) is 30.3 Å². The molecule has 1 unspecified atom stereocenters. The molecule has 0 spiro atoms. The molecule has 1 aliphatic heterocycles. The van der Waals surface area contributed by atoms with Crippen molar-refractivity contribution in [1.82, 2.24) is 15.1 Å². The molecule has 1 aromatic rings. The molecule has 1 fully saturated rings.